The number of hydrogen-bond acceptors (Lipinski definition) is 6. The number of primary amides is 1. The minimum absolute atomic E-state index is 0.0751. The molecule has 0 radical (unpaired) electrons. The van der Waals surface area contributed by atoms with Crippen molar-refractivity contribution in [2.75, 3.05) is 33.4 Å². The molecule has 7 nitrogen and oxygen atoms in total. The van der Waals surface area contributed by atoms with Crippen molar-refractivity contribution in [3.05, 3.63) is 10.9 Å². The second-order valence-corrected chi connectivity index (χ2v) is 7.53. The van der Waals surface area contributed by atoms with Crippen LogP contribution in [0.2, 0.25) is 0 Å². The van der Waals surface area contributed by atoms with Crippen LogP contribution in [0.5, 0.6) is 0 Å². The maximum Gasteiger partial charge on any atom is 0.240 e. The van der Waals surface area contributed by atoms with E-state index in [0.717, 1.165) is 13.0 Å². The standard InChI is InChI=1S/C17H34N4O3S/c1-7-8-14(22)21(6)17(25-10-9-19-4)16(24)20(5)13(15(18)23)11-12(2)3/h12-13,19,24H,7-11H2,1-6H3,(H2,18,23)/b17-16-/t13-/m0/s1. The third-order valence-electron chi connectivity index (χ3n) is 3.75. The lowest BCUT2D eigenvalue weighted by Crippen LogP contribution is -2.44. The van der Waals surface area contributed by atoms with Gasteiger partial charge in [0.1, 0.15) is 11.1 Å². The Hall–Kier alpha value is -1.41. The van der Waals surface area contributed by atoms with Crippen LogP contribution >= 0.6 is 11.8 Å². The van der Waals surface area contributed by atoms with Crippen LogP contribution in [0.25, 0.3) is 0 Å². The molecule has 0 rings (SSSR count). The number of nitrogens with zero attached hydrogens (tertiary/aromatic N) is 2. The first-order valence-corrected chi connectivity index (χ1v) is 9.65. The summed E-state index contributed by atoms with van der Waals surface area (Å²) in [4.78, 5) is 27.0. The minimum Gasteiger partial charge on any atom is -0.493 e. The highest BCUT2D eigenvalue weighted by atomic mass is 32.2. The first-order chi connectivity index (χ1) is 11.7. The van der Waals surface area contributed by atoms with E-state index in [4.69, 9.17) is 5.73 Å². The number of thioether (sulfide) groups is 1. The average Bonchev–Trinajstić information content (AvgIpc) is 2.54. The summed E-state index contributed by atoms with van der Waals surface area (Å²) >= 11 is 1.37. The molecular weight excluding hydrogens is 340 g/mol. The van der Waals surface area contributed by atoms with Gasteiger partial charge < -0.3 is 26.0 Å². The molecular formula is C17H34N4O3S. The molecule has 4 N–H and O–H groups in total. The number of nitrogens with two attached hydrogens (primary N) is 1. The van der Waals surface area contributed by atoms with Crippen LogP contribution in [0.1, 0.15) is 40.0 Å². The molecule has 2 amide bonds. The van der Waals surface area contributed by atoms with Gasteiger partial charge in [-0.15, -0.1) is 11.8 Å². The lowest BCUT2D eigenvalue weighted by atomic mass is 10.0. The van der Waals surface area contributed by atoms with E-state index in [2.05, 4.69) is 5.32 Å². The largest absolute Gasteiger partial charge is 0.493 e. The molecule has 0 aliphatic heterocycles. The maximum absolute atomic E-state index is 12.3. The van der Waals surface area contributed by atoms with Gasteiger partial charge in [-0.25, -0.2) is 0 Å². The predicted molar refractivity (Wildman–Crippen MR) is 104 cm³/mol. The van der Waals surface area contributed by atoms with Crippen molar-refractivity contribution in [3.63, 3.8) is 0 Å². The summed E-state index contributed by atoms with van der Waals surface area (Å²) in [7, 11) is 5.11. The Morgan fingerprint density at radius 1 is 1.28 bits per heavy atom. The van der Waals surface area contributed by atoms with Crippen LogP contribution in [0.15, 0.2) is 10.9 Å². The SMILES string of the molecule is CCCC(=O)N(C)/C(SCCNC)=C(/O)N(C)[C@@H](CC(C)C)C(N)=O. The Kier molecular flexibility index (Phi) is 11.3. The van der Waals surface area contributed by atoms with Gasteiger partial charge in [-0.1, -0.05) is 20.8 Å². The Bertz CT molecular complexity index is 469. The normalized spacial score (nSPS) is 13.4. The average molecular weight is 375 g/mol. The Balaban J connectivity index is 5.63. The van der Waals surface area contributed by atoms with Gasteiger partial charge in [0.05, 0.1) is 0 Å². The summed E-state index contributed by atoms with van der Waals surface area (Å²) in [6, 6.07) is -0.630. The summed E-state index contributed by atoms with van der Waals surface area (Å²) in [6.45, 7) is 6.64. The zero-order valence-electron chi connectivity index (χ0n) is 16.3. The van der Waals surface area contributed by atoms with Crippen LogP contribution < -0.4 is 11.1 Å². The molecule has 0 heterocycles. The van der Waals surface area contributed by atoms with Crippen molar-refractivity contribution in [3.8, 4) is 0 Å². The molecule has 0 fully saturated rings. The number of carbonyl (C=O) groups is 2. The molecule has 0 aliphatic rings. The number of amides is 2. The molecule has 0 spiro atoms. The summed E-state index contributed by atoms with van der Waals surface area (Å²) in [6.07, 6.45) is 1.65. The zero-order valence-corrected chi connectivity index (χ0v) is 17.2. The molecule has 0 aromatic heterocycles. The highest BCUT2D eigenvalue weighted by molar-refractivity contribution is 8.03. The van der Waals surface area contributed by atoms with E-state index in [1.807, 2.05) is 27.8 Å². The van der Waals surface area contributed by atoms with Crippen molar-refractivity contribution in [1.29, 1.82) is 0 Å². The van der Waals surface area contributed by atoms with Crippen LogP contribution in [-0.4, -0.2) is 66.2 Å². The van der Waals surface area contributed by atoms with Crippen LogP contribution in [0, 0.1) is 5.92 Å². The van der Waals surface area contributed by atoms with Gasteiger partial charge in [0, 0.05) is 32.8 Å². The van der Waals surface area contributed by atoms with E-state index in [-0.39, 0.29) is 17.7 Å². The smallest absolute Gasteiger partial charge is 0.240 e. The van der Waals surface area contributed by atoms with E-state index in [0.29, 0.717) is 23.6 Å². The predicted octanol–water partition coefficient (Wildman–Crippen LogP) is 1.71. The van der Waals surface area contributed by atoms with Crippen LogP contribution in [0.4, 0.5) is 0 Å². The number of rotatable bonds is 12. The van der Waals surface area contributed by atoms with Gasteiger partial charge in [-0.05, 0) is 25.8 Å². The maximum atomic E-state index is 12.3. The lowest BCUT2D eigenvalue weighted by Gasteiger charge is -2.31. The van der Waals surface area contributed by atoms with Crippen LogP contribution in [0.3, 0.4) is 0 Å². The van der Waals surface area contributed by atoms with E-state index in [9.17, 15) is 14.7 Å². The van der Waals surface area contributed by atoms with Crippen LogP contribution in [-0.2, 0) is 9.59 Å². The molecule has 0 unspecified atom stereocenters. The Labute approximate surface area is 156 Å². The quantitative estimate of drug-likeness (QED) is 0.355. The van der Waals surface area contributed by atoms with E-state index in [1.165, 1.54) is 21.6 Å². The summed E-state index contributed by atoms with van der Waals surface area (Å²) in [5.74, 6) is 0.252. The number of hydrogen-bond donors (Lipinski definition) is 3. The van der Waals surface area contributed by atoms with Gasteiger partial charge in [0.15, 0.2) is 0 Å². The highest BCUT2D eigenvalue weighted by Gasteiger charge is 2.27. The van der Waals surface area contributed by atoms with Crippen molar-refractivity contribution in [2.24, 2.45) is 11.7 Å². The number of aliphatic hydroxyl groups is 1. The Morgan fingerprint density at radius 2 is 1.88 bits per heavy atom. The summed E-state index contributed by atoms with van der Waals surface area (Å²) in [5, 5.41) is 14.2. The van der Waals surface area contributed by atoms with E-state index >= 15 is 0 Å². The molecule has 1 atom stereocenters. The first-order valence-electron chi connectivity index (χ1n) is 8.66. The van der Waals surface area contributed by atoms with Gasteiger partial charge in [-0.2, -0.15) is 0 Å². The molecule has 0 aromatic rings. The molecule has 0 aliphatic carbocycles. The third-order valence-corrected chi connectivity index (χ3v) is 4.89. The molecule has 146 valence electrons. The van der Waals surface area contributed by atoms with Gasteiger partial charge in [-0.3, -0.25) is 9.59 Å². The van der Waals surface area contributed by atoms with Crippen molar-refractivity contribution in [2.45, 2.75) is 46.1 Å². The highest BCUT2D eigenvalue weighted by Crippen LogP contribution is 2.26. The second kappa shape index (κ2) is 12.0. The topological polar surface area (TPSA) is 98.9 Å². The molecule has 0 saturated heterocycles. The molecule has 0 bridgehead atoms. The van der Waals surface area contributed by atoms with Crippen molar-refractivity contribution in [1.82, 2.24) is 15.1 Å². The molecule has 0 aromatic carbocycles. The number of likely N-dealkylation sites (N-methyl/N-ethyl adjacent to an activating group) is 1. The Morgan fingerprint density at radius 3 is 2.32 bits per heavy atom. The second-order valence-electron chi connectivity index (χ2n) is 6.44. The van der Waals surface area contributed by atoms with Gasteiger partial charge in [0.2, 0.25) is 17.7 Å². The molecule has 25 heavy (non-hydrogen) atoms. The van der Waals surface area contributed by atoms with Crippen molar-refractivity contribution >= 4 is 23.6 Å². The van der Waals surface area contributed by atoms with Gasteiger partial charge >= 0.3 is 0 Å². The monoisotopic (exact) mass is 374 g/mol. The minimum atomic E-state index is -0.630. The van der Waals surface area contributed by atoms with Gasteiger partial charge in [0.25, 0.3) is 0 Å². The van der Waals surface area contributed by atoms with Crippen molar-refractivity contribution < 1.29 is 14.7 Å². The fraction of sp³-hybridized carbons (Fsp3) is 0.765. The summed E-state index contributed by atoms with van der Waals surface area (Å²) in [5.41, 5.74) is 5.52. The third kappa shape index (κ3) is 8.00. The lowest BCUT2D eigenvalue weighted by molar-refractivity contribution is -0.128. The summed E-state index contributed by atoms with van der Waals surface area (Å²) < 4.78 is 0. The molecule has 0 saturated carbocycles. The first kappa shape index (κ1) is 23.6. The van der Waals surface area contributed by atoms with E-state index in [1.54, 1.807) is 14.1 Å². The zero-order chi connectivity index (χ0) is 19.6. The number of nitrogens with one attached hydrogen (secondary N) is 1. The fourth-order valence-corrected chi connectivity index (χ4v) is 3.33. The number of aliphatic hydroxyl groups excluding tert-OH is 1. The number of carbonyl (C=O) groups excluding carboxylic acids is 2. The van der Waals surface area contributed by atoms with E-state index < -0.39 is 11.9 Å². The molecule has 8 heteroatoms. The fourth-order valence-electron chi connectivity index (χ4n) is 2.27.